The fraction of sp³-hybridized carbons (Fsp3) is 0.379. The van der Waals surface area contributed by atoms with E-state index in [1.54, 1.807) is 41.3 Å². The third-order valence-electron chi connectivity index (χ3n) is 7.97. The molecule has 202 valence electrons. The monoisotopic (exact) mass is 530 g/mol. The molecule has 6 rings (SSSR count). The quantitative estimate of drug-likeness (QED) is 0.429. The van der Waals surface area contributed by atoms with Gasteiger partial charge in [-0.1, -0.05) is 12.1 Å². The summed E-state index contributed by atoms with van der Waals surface area (Å²) in [6.45, 7) is 3.80. The summed E-state index contributed by atoms with van der Waals surface area (Å²) in [6, 6.07) is 12.2. The van der Waals surface area contributed by atoms with Crippen LogP contribution >= 0.6 is 0 Å². The number of rotatable bonds is 8. The molecule has 10 nitrogen and oxygen atoms in total. The van der Waals surface area contributed by atoms with Crippen LogP contribution in [0.25, 0.3) is 11.0 Å². The zero-order valence-corrected chi connectivity index (χ0v) is 21.7. The first kappa shape index (κ1) is 25.1. The van der Waals surface area contributed by atoms with E-state index in [0.717, 1.165) is 25.2 Å². The summed E-state index contributed by atoms with van der Waals surface area (Å²) >= 11 is 0. The molecule has 3 aliphatic rings. The minimum Gasteiger partial charge on any atom is -0.497 e. The summed E-state index contributed by atoms with van der Waals surface area (Å²) in [5.41, 5.74) is 0.843. The first-order valence-electron chi connectivity index (χ1n) is 13.2. The van der Waals surface area contributed by atoms with Gasteiger partial charge >= 0.3 is 0 Å². The number of carbonyl (C=O) groups is 4. The molecule has 4 amide bonds. The van der Waals surface area contributed by atoms with Crippen molar-refractivity contribution in [3.05, 3.63) is 64.9 Å². The molecule has 0 aliphatic carbocycles. The molecule has 2 N–H and O–H groups in total. The van der Waals surface area contributed by atoms with Gasteiger partial charge in [0.05, 0.1) is 13.5 Å². The number of hydrogen-bond donors (Lipinski definition) is 2. The van der Waals surface area contributed by atoms with Gasteiger partial charge in [0.25, 0.3) is 11.8 Å². The number of nitrogens with one attached hydrogen (secondary N) is 2. The van der Waals surface area contributed by atoms with Crippen molar-refractivity contribution in [3.63, 3.8) is 0 Å². The number of furan rings is 1. The number of amides is 4. The second-order valence-corrected chi connectivity index (χ2v) is 10.5. The largest absolute Gasteiger partial charge is 0.497 e. The number of hydrogen-bond acceptors (Lipinski definition) is 7. The van der Waals surface area contributed by atoms with E-state index in [1.165, 1.54) is 20.0 Å². The lowest BCUT2D eigenvalue weighted by Crippen LogP contribution is -2.46. The van der Waals surface area contributed by atoms with E-state index < -0.39 is 17.2 Å². The van der Waals surface area contributed by atoms with Gasteiger partial charge in [-0.3, -0.25) is 24.5 Å². The SMILES string of the molecule is COc1ccc2c(c1)C(=O)N(C[C@@]1(c3cc4ccc(C(=O)NCCN5CCCC5)cc4o3)CC(=O)NC1=O)C2. The molecular formula is C29H30N4O6. The molecule has 0 bridgehead atoms. The lowest BCUT2D eigenvalue weighted by molar-refractivity contribution is -0.127. The lowest BCUT2D eigenvalue weighted by Gasteiger charge is -2.28. The Hall–Kier alpha value is -4.18. The molecule has 2 fully saturated rings. The van der Waals surface area contributed by atoms with E-state index in [9.17, 15) is 19.2 Å². The van der Waals surface area contributed by atoms with E-state index in [4.69, 9.17) is 9.15 Å². The number of benzene rings is 2. The highest BCUT2D eigenvalue weighted by molar-refractivity contribution is 6.10. The van der Waals surface area contributed by atoms with Crippen LogP contribution in [0.3, 0.4) is 0 Å². The second kappa shape index (κ2) is 9.85. The molecule has 0 radical (unpaired) electrons. The number of nitrogens with zero attached hydrogens (tertiary/aromatic N) is 2. The fourth-order valence-electron chi connectivity index (χ4n) is 5.81. The van der Waals surface area contributed by atoms with Crippen LogP contribution in [0, 0.1) is 0 Å². The highest BCUT2D eigenvalue weighted by atomic mass is 16.5. The summed E-state index contributed by atoms with van der Waals surface area (Å²) < 4.78 is 11.4. The number of imide groups is 1. The van der Waals surface area contributed by atoms with Crippen molar-refractivity contribution in [3.8, 4) is 5.75 Å². The Kier molecular flexibility index (Phi) is 6.34. The first-order valence-corrected chi connectivity index (χ1v) is 13.2. The predicted molar refractivity (Wildman–Crippen MR) is 141 cm³/mol. The summed E-state index contributed by atoms with van der Waals surface area (Å²) in [7, 11) is 1.54. The molecule has 1 aromatic heterocycles. The highest BCUT2D eigenvalue weighted by Gasteiger charge is 2.53. The Morgan fingerprint density at radius 3 is 2.67 bits per heavy atom. The smallest absolute Gasteiger partial charge is 0.254 e. The van der Waals surface area contributed by atoms with Gasteiger partial charge in [-0.25, -0.2) is 0 Å². The summed E-state index contributed by atoms with van der Waals surface area (Å²) in [5, 5.41) is 6.05. The average molecular weight is 531 g/mol. The molecule has 3 aliphatic heterocycles. The van der Waals surface area contributed by atoms with Crippen molar-refractivity contribution in [1.29, 1.82) is 0 Å². The van der Waals surface area contributed by atoms with Crippen molar-refractivity contribution in [2.45, 2.75) is 31.2 Å². The van der Waals surface area contributed by atoms with Crippen LogP contribution in [-0.2, 0) is 21.5 Å². The average Bonchev–Trinajstić information content (AvgIpc) is 3.71. The van der Waals surface area contributed by atoms with Gasteiger partial charge in [-0.05, 0) is 61.8 Å². The topological polar surface area (TPSA) is 121 Å². The van der Waals surface area contributed by atoms with E-state index in [-0.39, 0.29) is 30.5 Å². The predicted octanol–water partition coefficient (Wildman–Crippen LogP) is 2.21. The van der Waals surface area contributed by atoms with Gasteiger partial charge < -0.3 is 24.3 Å². The fourth-order valence-corrected chi connectivity index (χ4v) is 5.81. The molecule has 10 heteroatoms. The van der Waals surface area contributed by atoms with Crippen molar-refractivity contribution in [1.82, 2.24) is 20.4 Å². The van der Waals surface area contributed by atoms with Crippen LogP contribution in [0.1, 0.15) is 51.3 Å². The van der Waals surface area contributed by atoms with Crippen molar-refractivity contribution in [2.24, 2.45) is 0 Å². The van der Waals surface area contributed by atoms with Gasteiger partial charge in [0.1, 0.15) is 22.5 Å². The Bertz CT molecular complexity index is 1490. The number of fused-ring (bicyclic) bond motifs is 2. The van der Waals surface area contributed by atoms with Gasteiger partial charge in [0.15, 0.2) is 0 Å². The second-order valence-electron chi connectivity index (χ2n) is 10.5. The Balaban J connectivity index is 1.25. The van der Waals surface area contributed by atoms with Gasteiger partial charge in [-0.15, -0.1) is 0 Å². The van der Waals surface area contributed by atoms with Crippen molar-refractivity contribution < 1.29 is 28.3 Å². The molecule has 4 heterocycles. The number of likely N-dealkylation sites (tertiary alicyclic amines) is 1. The zero-order valence-electron chi connectivity index (χ0n) is 21.7. The first-order chi connectivity index (χ1) is 18.9. The van der Waals surface area contributed by atoms with Crippen LogP contribution in [-0.4, -0.2) is 73.3 Å². The highest BCUT2D eigenvalue weighted by Crippen LogP contribution is 2.39. The molecule has 2 aromatic carbocycles. The van der Waals surface area contributed by atoms with Crippen LogP contribution in [0.2, 0.25) is 0 Å². The molecular weight excluding hydrogens is 500 g/mol. The van der Waals surface area contributed by atoms with E-state index in [1.807, 2.05) is 6.07 Å². The Morgan fingerprint density at radius 1 is 1.10 bits per heavy atom. The number of ether oxygens (including phenoxy) is 1. The minimum atomic E-state index is -1.38. The summed E-state index contributed by atoms with van der Waals surface area (Å²) in [5.74, 6) is -0.514. The summed E-state index contributed by atoms with van der Waals surface area (Å²) in [6.07, 6.45) is 2.26. The van der Waals surface area contributed by atoms with Gasteiger partial charge in [-0.2, -0.15) is 0 Å². The Labute approximate surface area is 225 Å². The number of carbonyl (C=O) groups excluding carboxylic acids is 4. The minimum absolute atomic E-state index is 0.0237. The summed E-state index contributed by atoms with van der Waals surface area (Å²) in [4.78, 5) is 55.6. The van der Waals surface area contributed by atoms with E-state index in [0.29, 0.717) is 40.9 Å². The third-order valence-corrected chi connectivity index (χ3v) is 7.97. The van der Waals surface area contributed by atoms with Gasteiger partial charge in [0, 0.05) is 42.7 Å². The molecule has 0 unspecified atom stereocenters. The van der Waals surface area contributed by atoms with Crippen LogP contribution in [0.15, 0.2) is 46.9 Å². The molecule has 39 heavy (non-hydrogen) atoms. The van der Waals surface area contributed by atoms with Crippen LogP contribution in [0.5, 0.6) is 5.75 Å². The molecule has 1 atom stereocenters. The van der Waals surface area contributed by atoms with E-state index >= 15 is 0 Å². The van der Waals surface area contributed by atoms with Crippen LogP contribution in [0.4, 0.5) is 0 Å². The molecule has 3 aromatic rings. The normalized spacial score (nSPS) is 21.1. The maximum absolute atomic E-state index is 13.3. The van der Waals surface area contributed by atoms with Crippen LogP contribution < -0.4 is 15.4 Å². The molecule has 0 saturated carbocycles. The standard InChI is InChI=1S/C29H30N4O6/c1-38-21-7-6-20-16-33(27(36)22(20)14-21)17-29(15-25(34)31-28(29)37)24-13-18-4-5-19(12-23(18)39-24)26(35)30-8-11-32-9-2-3-10-32/h4-7,12-14H,2-3,8-11,15-17H2,1H3,(H,30,35)(H,31,34,37)/t29-/m1/s1. The van der Waals surface area contributed by atoms with Gasteiger partial charge in [0.2, 0.25) is 11.8 Å². The third kappa shape index (κ3) is 4.54. The number of methoxy groups -OCH3 is 1. The molecule has 0 spiro atoms. The molecule has 2 saturated heterocycles. The maximum Gasteiger partial charge on any atom is 0.254 e. The van der Waals surface area contributed by atoms with Crippen molar-refractivity contribution >= 4 is 34.6 Å². The lowest BCUT2D eigenvalue weighted by atomic mass is 9.82. The van der Waals surface area contributed by atoms with Crippen molar-refractivity contribution in [2.75, 3.05) is 39.8 Å². The Morgan fingerprint density at radius 2 is 1.92 bits per heavy atom. The van der Waals surface area contributed by atoms with E-state index in [2.05, 4.69) is 15.5 Å². The maximum atomic E-state index is 13.3. The zero-order chi connectivity index (χ0) is 27.1.